The van der Waals surface area contributed by atoms with Crippen LogP contribution in [0.5, 0.6) is 0 Å². The van der Waals surface area contributed by atoms with Crippen LogP contribution in [-0.2, 0) is 6.42 Å². The van der Waals surface area contributed by atoms with Crippen LogP contribution in [0.2, 0.25) is 5.02 Å². The van der Waals surface area contributed by atoms with Crippen molar-refractivity contribution in [3.8, 4) is 10.6 Å². The van der Waals surface area contributed by atoms with Gasteiger partial charge in [-0.1, -0.05) is 42.0 Å². The van der Waals surface area contributed by atoms with Crippen LogP contribution in [0.4, 0.5) is 5.69 Å². The number of fused-ring (bicyclic) bond motifs is 1. The number of nitrogens with zero attached hydrogens (tertiary/aromatic N) is 4. The van der Waals surface area contributed by atoms with Gasteiger partial charge in [0.15, 0.2) is 10.9 Å². The van der Waals surface area contributed by atoms with Gasteiger partial charge in [0.05, 0.1) is 0 Å². The fraction of sp³-hybridized carbons (Fsp3) is 0.105. The average Bonchev–Trinajstić information content (AvgIpc) is 3.29. The van der Waals surface area contributed by atoms with E-state index in [2.05, 4.69) is 25.9 Å². The third kappa shape index (κ3) is 4.26. The van der Waals surface area contributed by atoms with E-state index in [0.29, 0.717) is 10.6 Å². The molecule has 2 aromatic carbocycles. The largest absolute Gasteiger partial charge is 0.332 e. The molecule has 0 spiro atoms. The molecule has 0 fully saturated rings. The molecule has 2 heterocycles. The maximum atomic E-state index is 12.3. The van der Waals surface area contributed by atoms with Crippen molar-refractivity contribution in [3.05, 3.63) is 64.9 Å². The van der Waals surface area contributed by atoms with Crippen LogP contribution in [0.25, 0.3) is 15.5 Å². The number of thiocarbonyl (C=S) groups is 1. The maximum absolute atomic E-state index is 12.3. The van der Waals surface area contributed by atoms with Gasteiger partial charge < -0.3 is 5.32 Å². The second-order valence-corrected chi connectivity index (χ2v) is 7.87. The summed E-state index contributed by atoms with van der Waals surface area (Å²) in [5, 5.41) is 20.1. The van der Waals surface area contributed by atoms with Gasteiger partial charge in [0.2, 0.25) is 4.96 Å². The van der Waals surface area contributed by atoms with Gasteiger partial charge in [-0.3, -0.25) is 10.1 Å². The number of amides is 1. The summed E-state index contributed by atoms with van der Waals surface area (Å²) < 4.78 is 1.76. The Morgan fingerprint density at radius 2 is 2.00 bits per heavy atom. The van der Waals surface area contributed by atoms with E-state index in [0.717, 1.165) is 33.5 Å². The topological polar surface area (TPSA) is 84.2 Å². The van der Waals surface area contributed by atoms with Crippen molar-refractivity contribution < 1.29 is 4.79 Å². The summed E-state index contributed by atoms with van der Waals surface area (Å²) in [6.07, 6.45) is 0.757. The standard InChI is InChI=1S/C19H15ClN6OS2/c1-2-15-23-24-19-26(15)25-17(29-19)12-4-3-5-14(10-12)21-18(28)22-16(27)11-6-8-13(20)9-7-11/h3-10H,2H2,1H3,(H2,21,22,27,28). The van der Waals surface area contributed by atoms with Gasteiger partial charge in [0.1, 0.15) is 5.01 Å². The lowest BCUT2D eigenvalue weighted by Crippen LogP contribution is -2.34. The number of aromatic nitrogens is 4. The van der Waals surface area contributed by atoms with Crippen molar-refractivity contribution >= 4 is 56.8 Å². The molecule has 2 N–H and O–H groups in total. The van der Waals surface area contributed by atoms with E-state index in [-0.39, 0.29) is 11.0 Å². The fourth-order valence-electron chi connectivity index (χ4n) is 2.66. The zero-order valence-electron chi connectivity index (χ0n) is 15.2. The molecule has 0 unspecified atom stereocenters. The molecule has 4 rings (SSSR count). The van der Waals surface area contributed by atoms with Gasteiger partial charge in [0, 0.05) is 28.3 Å². The lowest BCUT2D eigenvalue weighted by molar-refractivity contribution is 0.0977. The van der Waals surface area contributed by atoms with E-state index in [1.54, 1.807) is 28.8 Å². The van der Waals surface area contributed by atoms with Crippen LogP contribution >= 0.6 is 35.2 Å². The van der Waals surface area contributed by atoms with E-state index in [1.807, 2.05) is 31.2 Å². The van der Waals surface area contributed by atoms with Crippen LogP contribution in [0, 0.1) is 0 Å². The normalized spacial score (nSPS) is 10.8. The van der Waals surface area contributed by atoms with Crippen molar-refractivity contribution in [2.24, 2.45) is 0 Å². The number of carbonyl (C=O) groups excluding carboxylic acids is 1. The highest BCUT2D eigenvalue weighted by Crippen LogP contribution is 2.27. The van der Waals surface area contributed by atoms with E-state index >= 15 is 0 Å². The molecule has 7 nitrogen and oxygen atoms in total. The van der Waals surface area contributed by atoms with Crippen LogP contribution in [0.3, 0.4) is 0 Å². The fourth-order valence-corrected chi connectivity index (χ4v) is 3.85. The zero-order valence-corrected chi connectivity index (χ0v) is 17.6. The lowest BCUT2D eigenvalue weighted by atomic mass is 10.2. The van der Waals surface area contributed by atoms with E-state index in [9.17, 15) is 4.79 Å². The summed E-state index contributed by atoms with van der Waals surface area (Å²) in [5.41, 5.74) is 2.13. The minimum atomic E-state index is -0.309. The Morgan fingerprint density at radius 3 is 2.76 bits per heavy atom. The molecule has 4 aromatic rings. The Hall–Kier alpha value is -2.88. The number of benzene rings is 2. The first-order valence-electron chi connectivity index (χ1n) is 8.73. The van der Waals surface area contributed by atoms with Crippen molar-refractivity contribution in [1.29, 1.82) is 0 Å². The van der Waals surface area contributed by atoms with Crippen LogP contribution in [-0.4, -0.2) is 30.8 Å². The van der Waals surface area contributed by atoms with Crippen molar-refractivity contribution in [1.82, 2.24) is 25.1 Å². The molecule has 29 heavy (non-hydrogen) atoms. The molecule has 146 valence electrons. The second-order valence-electron chi connectivity index (χ2n) is 6.07. The molecule has 0 saturated carbocycles. The average molecular weight is 443 g/mol. The predicted molar refractivity (Wildman–Crippen MR) is 119 cm³/mol. The number of nitrogens with one attached hydrogen (secondary N) is 2. The van der Waals surface area contributed by atoms with Gasteiger partial charge in [-0.2, -0.15) is 9.61 Å². The molecular weight excluding hydrogens is 428 g/mol. The third-order valence-corrected chi connectivity index (χ3v) is 5.48. The quantitative estimate of drug-likeness (QED) is 0.461. The maximum Gasteiger partial charge on any atom is 0.257 e. The highest BCUT2D eigenvalue weighted by atomic mass is 35.5. The molecule has 0 aliphatic carbocycles. The minimum Gasteiger partial charge on any atom is -0.332 e. The summed E-state index contributed by atoms with van der Waals surface area (Å²) >= 11 is 12.6. The molecule has 0 aliphatic heterocycles. The van der Waals surface area contributed by atoms with Crippen molar-refractivity contribution in [2.75, 3.05) is 5.32 Å². The van der Waals surface area contributed by atoms with Gasteiger partial charge in [-0.25, -0.2) is 0 Å². The highest BCUT2D eigenvalue weighted by molar-refractivity contribution is 7.80. The van der Waals surface area contributed by atoms with Crippen molar-refractivity contribution in [3.63, 3.8) is 0 Å². The van der Waals surface area contributed by atoms with Gasteiger partial charge in [0.25, 0.3) is 5.91 Å². The smallest absolute Gasteiger partial charge is 0.257 e. The van der Waals surface area contributed by atoms with E-state index in [4.69, 9.17) is 23.8 Å². The van der Waals surface area contributed by atoms with E-state index in [1.165, 1.54) is 11.3 Å². The molecule has 0 radical (unpaired) electrons. The summed E-state index contributed by atoms with van der Waals surface area (Å²) in [7, 11) is 0. The third-order valence-electron chi connectivity index (χ3n) is 4.07. The monoisotopic (exact) mass is 442 g/mol. The second kappa shape index (κ2) is 8.24. The number of rotatable bonds is 4. The number of aryl methyl sites for hydroxylation is 1. The molecule has 2 aromatic heterocycles. The summed E-state index contributed by atoms with van der Waals surface area (Å²) in [5.74, 6) is 0.513. The van der Waals surface area contributed by atoms with Crippen LogP contribution in [0.15, 0.2) is 48.5 Å². The number of halogens is 1. The first-order valence-corrected chi connectivity index (χ1v) is 10.3. The van der Waals surface area contributed by atoms with Gasteiger partial charge in [-0.05, 0) is 48.6 Å². The van der Waals surface area contributed by atoms with Crippen molar-refractivity contribution in [2.45, 2.75) is 13.3 Å². The Morgan fingerprint density at radius 1 is 1.21 bits per heavy atom. The summed E-state index contributed by atoms with van der Waals surface area (Å²) in [4.78, 5) is 13.0. The molecule has 0 atom stereocenters. The molecule has 0 saturated heterocycles. The SMILES string of the molecule is CCc1nnc2sc(-c3cccc(NC(=S)NC(=O)c4ccc(Cl)cc4)c3)nn12. The van der Waals surface area contributed by atoms with Crippen LogP contribution in [0.1, 0.15) is 23.1 Å². The first-order chi connectivity index (χ1) is 14.0. The lowest BCUT2D eigenvalue weighted by Gasteiger charge is -2.10. The predicted octanol–water partition coefficient (Wildman–Crippen LogP) is 4.20. The Bertz CT molecular complexity index is 1200. The molecular formula is C19H15ClN6OS2. The molecule has 10 heteroatoms. The van der Waals surface area contributed by atoms with Gasteiger partial charge in [-0.15, -0.1) is 10.2 Å². The summed E-state index contributed by atoms with van der Waals surface area (Å²) in [6.45, 7) is 2.01. The highest BCUT2D eigenvalue weighted by Gasteiger charge is 2.13. The zero-order chi connectivity index (χ0) is 20.4. The number of hydrogen-bond acceptors (Lipinski definition) is 6. The summed E-state index contributed by atoms with van der Waals surface area (Å²) in [6, 6.07) is 14.2. The molecule has 0 aliphatic rings. The van der Waals surface area contributed by atoms with E-state index < -0.39 is 0 Å². The Balaban J connectivity index is 1.48. The molecule has 0 bridgehead atoms. The number of carbonyl (C=O) groups is 1. The minimum absolute atomic E-state index is 0.202. The Labute approximate surface area is 180 Å². The first kappa shape index (κ1) is 19.4. The molecule has 1 amide bonds. The Kier molecular flexibility index (Phi) is 5.52. The number of hydrogen-bond donors (Lipinski definition) is 2. The number of anilines is 1. The van der Waals surface area contributed by atoms with Gasteiger partial charge >= 0.3 is 0 Å². The van der Waals surface area contributed by atoms with Crippen LogP contribution < -0.4 is 10.6 Å².